The zero-order valence-corrected chi connectivity index (χ0v) is 16.4. The second-order valence-corrected chi connectivity index (χ2v) is 7.79. The Labute approximate surface area is 165 Å². The molecule has 6 nitrogen and oxygen atoms in total. The van der Waals surface area contributed by atoms with Crippen LogP contribution in [-0.4, -0.2) is 36.0 Å². The molecule has 1 unspecified atom stereocenters. The smallest absolute Gasteiger partial charge is 0.275 e. The Bertz CT molecular complexity index is 780. The van der Waals surface area contributed by atoms with Crippen molar-refractivity contribution in [2.75, 3.05) is 20.2 Å². The molecule has 4 rings (SSSR count). The Morgan fingerprint density at radius 2 is 1.86 bits per heavy atom. The fourth-order valence-electron chi connectivity index (χ4n) is 4.42. The molecule has 1 aromatic carbocycles. The van der Waals surface area contributed by atoms with Crippen molar-refractivity contribution in [2.24, 2.45) is 11.8 Å². The summed E-state index contributed by atoms with van der Waals surface area (Å²) in [6, 6.07) is 7.30. The van der Waals surface area contributed by atoms with Gasteiger partial charge < -0.3 is 18.8 Å². The lowest BCUT2D eigenvalue weighted by Gasteiger charge is -2.27. The monoisotopic (exact) mass is 384 g/mol. The van der Waals surface area contributed by atoms with Crippen LogP contribution in [0.1, 0.15) is 54.9 Å². The molecule has 1 aromatic heterocycles. The summed E-state index contributed by atoms with van der Waals surface area (Å²) in [5.74, 6) is 3.28. The SMILES string of the molecule is COc1ccc(OCc2nc(C(=O)N3CCC(C4CCCCC4)C3)co2)cc1. The zero-order chi connectivity index (χ0) is 19.3. The van der Waals surface area contributed by atoms with E-state index in [1.165, 1.54) is 38.4 Å². The number of nitrogens with zero attached hydrogens (tertiary/aromatic N) is 2. The molecule has 2 aliphatic rings. The number of aromatic nitrogens is 1. The molecule has 2 aromatic rings. The first kappa shape index (κ1) is 18.8. The fraction of sp³-hybridized carbons (Fsp3) is 0.545. The third-order valence-electron chi connectivity index (χ3n) is 6.02. The third-order valence-corrected chi connectivity index (χ3v) is 6.02. The zero-order valence-electron chi connectivity index (χ0n) is 16.4. The lowest BCUT2D eigenvalue weighted by molar-refractivity contribution is 0.0773. The number of carbonyl (C=O) groups excluding carboxylic acids is 1. The van der Waals surface area contributed by atoms with Crippen molar-refractivity contribution in [3.05, 3.63) is 42.1 Å². The van der Waals surface area contributed by atoms with E-state index < -0.39 is 0 Å². The van der Waals surface area contributed by atoms with Crippen molar-refractivity contribution in [3.63, 3.8) is 0 Å². The standard InChI is InChI=1S/C22H28N2O4/c1-26-18-7-9-19(10-8-18)27-15-21-23-20(14-28-21)22(25)24-12-11-17(13-24)16-5-3-2-4-6-16/h7-10,14,16-17H,2-6,11-13,15H2,1H3. The van der Waals surface area contributed by atoms with E-state index >= 15 is 0 Å². The summed E-state index contributed by atoms with van der Waals surface area (Å²) < 4.78 is 16.2. The van der Waals surface area contributed by atoms with Gasteiger partial charge in [0, 0.05) is 13.1 Å². The highest BCUT2D eigenvalue weighted by molar-refractivity contribution is 5.92. The summed E-state index contributed by atoms with van der Waals surface area (Å²) in [4.78, 5) is 19.1. The first-order valence-corrected chi connectivity index (χ1v) is 10.2. The Morgan fingerprint density at radius 1 is 1.11 bits per heavy atom. The average Bonchev–Trinajstić information content (AvgIpc) is 3.43. The summed E-state index contributed by atoms with van der Waals surface area (Å²) >= 11 is 0. The normalized spacial score (nSPS) is 20.3. The first-order valence-electron chi connectivity index (χ1n) is 10.2. The van der Waals surface area contributed by atoms with Gasteiger partial charge in [0.05, 0.1) is 7.11 Å². The minimum atomic E-state index is -0.0299. The van der Waals surface area contributed by atoms with E-state index in [1.807, 2.05) is 29.2 Å². The molecule has 1 atom stereocenters. The molecule has 1 aliphatic heterocycles. The van der Waals surface area contributed by atoms with Gasteiger partial charge in [0.2, 0.25) is 5.89 Å². The molecule has 2 fully saturated rings. The van der Waals surface area contributed by atoms with Gasteiger partial charge in [-0.05, 0) is 42.5 Å². The number of likely N-dealkylation sites (tertiary alicyclic amines) is 1. The van der Waals surface area contributed by atoms with Gasteiger partial charge in [-0.3, -0.25) is 4.79 Å². The maximum Gasteiger partial charge on any atom is 0.275 e. The van der Waals surface area contributed by atoms with Gasteiger partial charge in [-0.2, -0.15) is 0 Å². The average molecular weight is 384 g/mol. The molecule has 1 saturated carbocycles. The maximum absolute atomic E-state index is 12.8. The van der Waals surface area contributed by atoms with Crippen LogP contribution < -0.4 is 9.47 Å². The fourth-order valence-corrected chi connectivity index (χ4v) is 4.42. The van der Waals surface area contributed by atoms with Gasteiger partial charge in [-0.15, -0.1) is 0 Å². The first-order chi connectivity index (χ1) is 13.7. The number of rotatable bonds is 6. The number of carbonyl (C=O) groups is 1. The molecule has 28 heavy (non-hydrogen) atoms. The van der Waals surface area contributed by atoms with Gasteiger partial charge in [0.1, 0.15) is 17.8 Å². The quantitative estimate of drug-likeness (QED) is 0.743. The Kier molecular flexibility index (Phi) is 5.84. The van der Waals surface area contributed by atoms with E-state index in [1.54, 1.807) is 7.11 Å². The molecule has 1 aliphatic carbocycles. The summed E-state index contributed by atoms with van der Waals surface area (Å²) in [7, 11) is 1.62. The van der Waals surface area contributed by atoms with Crippen LogP contribution in [0.2, 0.25) is 0 Å². The number of benzene rings is 1. The molecular formula is C22H28N2O4. The molecule has 2 heterocycles. The van der Waals surface area contributed by atoms with Crippen LogP contribution >= 0.6 is 0 Å². The van der Waals surface area contributed by atoms with Gasteiger partial charge in [-0.25, -0.2) is 4.98 Å². The van der Waals surface area contributed by atoms with E-state index in [4.69, 9.17) is 13.9 Å². The minimum Gasteiger partial charge on any atom is -0.497 e. The second-order valence-electron chi connectivity index (χ2n) is 7.79. The lowest BCUT2D eigenvalue weighted by atomic mass is 9.80. The van der Waals surface area contributed by atoms with Crippen molar-refractivity contribution < 1.29 is 18.7 Å². The van der Waals surface area contributed by atoms with Crippen molar-refractivity contribution in [3.8, 4) is 11.5 Å². The summed E-state index contributed by atoms with van der Waals surface area (Å²) in [5, 5.41) is 0. The molecule has 0 radical (unpaired) electrons. The van der Waals surface area contributed by atoms with Crippen molar-refractivity contribution >= 4 is 5.91 Å². The van der Waals surface area contributed by atoms with Gasteiger partial charge in [0.15, 0.2) is 12.3 Å². The van der Waals surface area contributed by atoms with Crippen LogP contribution in [-0.2, 0) is 6.61 Å². The van der Waals surface area contributed by atoms with Crippen LogP contribution in [0, 0.1) is 11.8 Å². The van der Waals surface area contributed by atoms with Crippen molar-refractivity contribution in [1.82, 2.24) is 9.88 Å². The number of methoxy groups -OCH3 is 1. The highest BCUT2D eigenvalue weighted by atomic mass is 16.5. The Balaban J connectivity index is 1.30. The molecular weight excluding hydrogens is 356 g/mol. The highest BCUT2D eigenvalue weighted by Gasteiger charge is 2.33. The van der Waals surface area contributed by atoms with E-state index in [0.717, 1.165) is 31.2 Å². The van der Waals surface area contributed by atoms with Gasteiger partial charge in [0.25, 0.3) is 5.91 Å². The largest absolute Gasteiger partial charge is 0.497 e. The minimum absolute atomic E-state index is 0.0299. The van der Waals surface area contributed by atoms with E-state index in [2.05, 4.69) is 4.98 Å². The van der Waals surface area contributed by atoms with Crippen molar-refractivity contribution in [1.29, 1.82) is 0 Å². The topological polar surface area (TPSA) is 64.8 Å². The number of ether oxygens (including phenoxy) is 2. The molecule has 0 spiro atoms. The van der Waals surface area contributed by atoms with Crippen LogP contribution in [0.4, 0.5) is 0 Å². The Morgan fingerprint density at radius 3 is 2.61 bits per heavy atom. The predicted molar refractivity (Wildman–Crippen MR) is 104 cm³/mol. The molecule has 0 bridgehead atoms. The van der Waals surface area contributed by atoms with Crippen LogP contribution in [0.3, 0.4) is 0 Å². The van der Waals surface area contributed by atoms with Gasteiger partial charge >= 0.3 is 0 Å². The molecule has 0 N–H and O–H groups in total. The summed E-state index contributed by atoms with van der Waals surface area (Å²) in [6.07, 6.45) is 9.26. The molecule has 6 heteroatoms. The molecule has 150 valence electrons. The van der Waals surface area contributed by atoms with Crippen molar-refractivity contribution in [2.45, 2.75) is 45.1 Å². The molecule has 1 amide bonds. The van der Waals surface area contributed by atoms with E-state index in [0.29, 0.717) is 23.3 Å². The predicted octanol–water partition coefficient (Wildman–Crippen LogP) is 4.30. The molecule has 1 saturated heterocycles. The lowest BCUT2D eigenvalue weighted by Crippen LogP contribution is -2.30. The number of oxazole rings is 1. The van der Waals surface area contributed by atoms with E-state index in [-0.39, 0.29) is 12.5 Å². The highest BCUT2D eigenvalue weighted by Crippen LogP contribution is 2.35. The van der Waals surface area contributed by atoms with Crippen LogP contribution in [0.25, 0.3) is 0 Å². The van der Waals surface area contributed by atoms with E-state index in [9.17, 15) is 4.79 Å². The van der Waals surface area contributed by atoms with Gasteiger partial charge in [-0.1, -0.05) is 32.1 Å². The number of amides is 1. The number of hydrogen-bond donors (Lipinski definition) is 0. The summed E-state index contributed by atoms with van der Waals surface area (Å²) in [6.45, 7) is 1.86. The van der Waals surface area contributed by atoms with Crippen LogP contribution in [0.15, 0.2) is 34.9 Å². The maximum atomic E-state index is 12.8. The second kappa shape index (κ2) is 8.67. The summed E-state index contributed by atoms with van der Waals surface area (Å²) in [5.41, 5.74) is 0.373. The third kappa shape index (κ3) is 4.32. The van der Waals surface area contributed by atoms with Crippen LogP contribution in [0.5, 0.6) is 11.5 Å². The number of hydrogen-bond acceptors (Lipinski definition) is 5. The Hall–Kier alpha value is -2.50.